The summed E-state index contributed by atoms with van der Waals surface area (Å²) in [4.78, 5) is 53.9. The van der Waals surface area contributed by atoms with E-state index in [9.17, 15) is 19.2 Å². The first kappa shape index (κ1) is 20.6. The maximum Gasteiger partial charge on any atom is 0.289 e. The fraction of sp³-hybridized carbons (Fsp3) is 0.364. The molecule has 3 heterocycles. The van der Waals surface area contributed by atoms with Crippen LogP contribution in [-0.4, -0.2) is 72.7 Å². The minimum atomic E-state index is -0.348. The Morgan fingerprint density at radius 1 is 0.935 bits per heavy atom. The van der Waals surface area contributed by atoms with Gasteiger partial charge in [-0.2, -0.15) is 0 Å². The monoisotopic (exact) mass is 424 g/mol. The second kappa shape index (κ2) is 9.03. The molecule has 162 valence electrons. The summed E-state index contributed by atoms with van der Waals surface area (Å²) in [6, 6.07) is 10.1. The van der Waals surface area contributed by atoms with E-state index in [4.69, 9.17) is 4.42 Å². The molecule has 0 spiro atoms. The SMILES string of the molecule is O=C(NCC(=O)N1CCN(C(=O)c2ccco2)CC1)c1ccc(N2CCCC2=O)cc1. The summed E-state index contributed by atoms with van der Waals surface area (Å²) in [7, 11) is 0. The van der Waals surface area contributed by atoms with E-state index in [0.717, 1.165) is 12.1 Å². The number of furan rings is 1. The van der Waals surface area contributed by atoms with Crippen molar-refractivity contribution in [3.05, 3.63) is 54.0 Å². The van der Waals surface area contributed by atoms with Crippen LogP contribution in [0.4, 0.5) is 5.69 Å². The molecule has 2 aromatic rings. The summed E-state index contributed by atoms with van der Waals surface area (Å²) < 4.78 is 5.13. The van der Waals surface area contributed by atoms with E-state index >= 15 is 0 Å². The molecular weight excluding hydrogens is 400 g/mol. The minimum Gasteiger partial charge on any atom is -0.459 e. The third kappa shape index (κ3) is 4.60. The zero-order valence-corrected chi connectivity index (χ0v) is 17.1. The van der Waals surface area contributed by atoms with Crippen molar-refractivity contribution in [2.45, 2.75) is 12.8 Å². The lowest BCUT2D eigenvalue weighted by Crippen LogP contribution is -2.52. The first-order valence-corrected chi connectivity index (χ1v) is 10.3. The lowest BCUT2D eigenvalue weighted by atomic mass is 10.2. The first-order valence-electron chi connectivity index (χ1n) is 10.3. The minimum absolute atomic E-state index is 0.0914. The van der Waals surface area contributed by atoms with E-state index in [1.54, 1.807) is 51.1 Å². The predicted molar refractivity (Wildman–Crippen MR) is 112 cm³/mol. The summed E-state index contributed by atoms with van der Waals surface area (Å²) in [5, 5.41) is 2.64. The van der Waals surface area contributed by atoms with Crippen LogP contribution in [0.15, 0.2) is 47.1 Å². The van der Waals surface area contributed by atoms with Crippen molar-refractivity contribution in [1.82, 2.24) is 15.1 Å². The molecule has 0 radical (unpaired) electrons. The number of amides is 4. The van der Waals surface area contributed by atoms with Crippen molar-refractivity contribution in [2.24, 2.45) is 0 Å². The molecule has 1 aromatic heterocycles. The largest absolute Gasteiger partial charge is 0.459 e. The number of nitrogens with zero attached hydrogens (tertiary/aromatic N) is 3. The van der Waals surface area contributed by atoms with Crippen LogP contribution in [-0.2, 0) is 9.59 Å². The predicted octanol–water partition coefficient (Wildman–Crippen LogP) is 1.12. The van der Waals surface area contributed by atoms with Crippen LogP contribution < -0.4 is 10.2 Å². The van der Waals surface area contributed by atoms with Crippen LogP contribution in [0.5, 0.6) is 0 Å². The van der Waals surface area contributed by atoms with Gasteiger partial charge in [0.1, 0.15) is 0 Å². The molecule has 4 amide bonds. The topological polar surface area (TPSA) is 103 Å². The highest BCUT2D eigenvalue weighted by Gasteiger charge is 2.26. The van der Waals surface area contributed by atoms with Gasteiger partial charge in [0, 0.05) is 50.4 Å². The molecule has 1 aromatic carbocycles. The number of benzene rings is 1. The number of carbonyl (C=O) groups excluding carboxylic acids is 4. The van der Waals surface area contributed by atoms with Crippen molar-refractivity contribution in [3.8, 4) is 0 Å². The zero-order chi connectivity index (χ0) is 21.8. The molecule has 2 aliphatic heterocycles. The Morgan fingerprint density at radius 2 is 1.65 bits per heavy atom. The van der Waals surface area contributed by atoms with Gasteiger partial charge in [0.05, 0.1) is 12.8 Å². The number of anilines is 1. The Labute approximate surface area is 179 Å². The van der Waals surface area contributed by atoms with Crippen LogP contribution in [0.25, 0.3) is 0 Å². The van der Waals surface area contributed by atoms with Crippen LogP contribution in [0.1, 0.15) is 33.8 Å². The fourth-order valence-electron chi connectivity index (χ4n) is 3.80. The molecule has 0 atom stereocenters. The molecule has 0 bridgehead atoms. The highest BCUT2D eigenvalue weighted by molar-refractivity contribution is 5.98. The highest BCUT2D eigenvalue weighted by Crippen LogP contribution is 2.21. The summed E-state index contributed by atoms with van der Waals surface area (Å²) in [5.74, 6) is -0.359. The number of hydrogen-bond donors (Lipinski definition) is 1. The summed E-state index contributed by atoms with van der Waals surface area (Å²) >= 11 is 0. The lowest BCUT2D eigenvalue weighted by molar-refractivity contribution is -0.131. The Morgan fingerprint density at radius 3 is 2.26 bits per heavy atom. The van der Waals surface area contributed by atoms with E-state index in [2.05, 4.69) is 5.32 Å². The van der Waals surface area contributed by atoms with Crippen LogP contribution in [0, 0.1) is 0 Å². The Hall–Kier alpha value is -3.62. The summed E-state index contributed by atoms with van der Waals surface area (Å²) in [6.07, 6.45) is 2.85. The van der Waals surface area contributed by atoms with E-state index in [1.165, 1.54) is 6.26 Å². The summed E-state index contributed by atoms with van der Waals surface area (Å²) in [6.45, 7) is 2.21. The van der Waals surface area contributed by atoms with Gasteiger partial charge in [-0.05, 0) is 42.8 Å². The van der Waals surface area contributed by atoms with E-state index < -0.39 is 0 Å². The molecule has 0 aliphatic carbocycles. The molecule has 9 heteroatoms. The van der Waals surface area contributed by atoms with Gasteiger partial charge in [0.25, 0.3) is 11.8 Å². The summed E-state index contributed by atoms with van der Waals surface area (Å²) in [5.41, 5.74) is 1.20. The van der Waals surface area contributed by atoms with Gasteiger partial charge < -0.3 is 24.4 Å². The van der Waals surface area contributed by atoms with E-state index in [-0.39, 0.29) is 35.9 Å². The highest BCUT2D eigenvalue weighted by atomic mass is 16.3. The van der Waals surface area contributed by atoms with E-state index in [0.29, 0.717) is 44.7 Å². The van der Waals surface area contributed by atoms with Crippen LogP contribution >= 0.6 is 0 Å². The standard InChI is InChI=1S/C22H24N4O5/c27-19-4-1-9-26(19)17-7-5-16(6-8-17)21(29)23-15-20(28)24-10-12-25(13-11-24)22(30)18-3-2-14-31-18/h2-3,5-8,14H,1,4,9-13,15H2,(H,23,29). The fourth-order valence-corrected chi connectivity index (χ4v) is 3.80. The number of nitrogens with one attached hydrogen (secondary N) is 1. The number of piperazine rings is 1. The second-order valence-electron chi connectivity index (χ2n) is 7.53. The molecule has 4 rings (SSSR count). The van der Waals surface area contributed by atoms with Crippen molar-refractivity contribution >= 4 is 29.3 Å². The van der Waals surface area contributed by atoms with Gasteiger partial charge in [-0.25, -0.2) is 0 Å². The van der Waals surface area contributed by atoms with Gasteiger partial charge >= 0.3 is 0 Å². The maximum absolute atomic E-state index is 12.4. The second-order valence-corrected chi connectivity index (χ2v) is 7.53. The number of carbonyl (C=O) groups is 4. The average molecular weight is 424 g/mol. The molecule has 2 saturated heterocycles. The van der Waals surface area contributed by atoms with Gasteiger partial charge in [-0.3, -0.25) is 19.2 Å². The molecule has 9 nitrogen and oxygen atoms in total. The quantitative estimate of drug-likeness (QED) is 0.775. The molecule has 31 heavy (non-hydrogen) atoms. The van der Waals surface area contributed by atoms with Crippen molar-refractivity contribution in [3.63, 3.8) is 0 Å². The first-order chi connectivity index (χ1) is 15.0. The average Bonchev–Trinajstić information content (AvgIpc) is 3.49. The van der Waals surface area contributed by atoms with Crippen LogP contribution in [0.3, 0.4) is 0 Å². The third-order valence-corrected chi connectivity index (χ3v) is 5.57. The molecule has 1 N–H and O–H groups in total. The van der Waals surface area contributed by atoms with Crippen molar-refractivity contribution in [2.75, 3.05) is 44.2 Å². The van der Waals surface area contributed by atoms with Gasteiger partial charge in [-0.1, -0.05) is 0 Å². The van der Waals surface area contributed by atoms with Crippen molar-refractivity contribution < 1.29 is 23.6 Å². The molecule has 0 saturated carbocycles. The van der Waals surface area contributed by atoms with Crippen LogP contribution in [0.2, 0.25) is 0 Å². The smallest absolute Gasteiger partial charge is 0.289 e. The molecule has 2 aliphatic rings. The molecule has 0 unspecified atom stereocenters. The third-order valence-electron chi connectivity index (χ3n) is 5.57. The Balaban J connectivity index is 1.24. The molecule has 2 fully saturated rings. The lowest BCUT2D eigenvalue weighted by Gasteiger charge is -2.34. The Kier molecular flexibility index (Phi) is 6.01. The van der Waals surface area contributed by atoms with Crippen molar-refractivity contribution in [1.29, 1.82) is 0 Å². The van der Waals surface area contributed by atoms with Gasteiger partial charge in [-0.15, -0.1) is 0 Å². The van der Waals surface area contributed by atoms with Gasteiger partial charge in [0.15, 0.2) is 5.76 Å². The van der Waals surface area contributed by atoms with E-state index in [1.807, 2.05) is 0 Å². The maximum atomic E-state index is 12.4. The number of rotatable bonds is 5. The van der Waals surface area contributed by atoms with Gasteiger partial charge in [0.2, 0.25) is 11.8 Å². The normalized spacial score (nSPS) is 16.5. The molecular formula is C22H24N4O5. The number of hydrogen-bond acceptors (Lipinski definition) is 5. The zero-order valence-electron chi connectivity index (χ0n) is 17.1. The Bertz CT molecular complexity index is 962.